The molecule has 1 atom stereocenters. The summed E-state index contributed by atoms with van der Waals surface area (Å²) in [7, 11) is 1.56. The van der Waals surface area contributed by atoms with Gasteiger partial charge in [0.05, 0.1) is 19.8 Å². The maximum Gasteiger partial charge on any atom is 0.328 e. The summed E-state index contributed by atoms with van der Waals surface area (Å²) in [5.41, 5.74) is 1.72. The minimum absolute atomic E-state index is 0.208. The minimum Gasteiger partial charge on any atom is -0.496 e. The van der Waals surface area contributed by atoms with Crippen molar-refractivity contribution in [1.29, 1.82) is 0 Å². The van der Waals surface area contributed by atoms with Crippen molar-refractivity contribution in [3.8, 4) is 5.75 Å². The van der Waals surface area contributed by atoms with Crippen molar-refractivity contribution in [3.63, 3.8) is 0 Å². The van der Waals surface area contributed by atoms with Gasteiger partial charge in [-0.2, -0.15) is 0 Å². The quantitative estimate of drug-likeness (QED) is 0.769. The second-order valence-corrected chi connectivity index (χ2v) is 4.28. The monoisotopic (exact) mass is 264 g/mol. The third-order valence-corrected chi connectivity index (χ3v) is 2.81. The average molecular weight is 264 g/mol. The van der Waals surface area contributed by atoms with E-state index in [9.17, 15) is 4.79 Å². The second kappa shape index (κ2) is 7.59. The van der Waals surface area contributed by atoms with Crippen LogP contribution in [-0.2, 0) is 16.1 Å². The summed E-state index contributed by atoms with van der Waals surface area (Å²) >= 11 is 0. The van der Waals surface area contributed by atoms with Gasteiger partial charge in [0, 0.05) is 11.6 Å². The Balaban J connectivity index is 2.85. The van der Waals surface area contributed by atoms with Crippen LogP contribution in [0.3, 0.4) is 0 Å². The smallest absolute Gasteiger partial charge is 0.328 e. The lowest BCUT2D eigenvalue weighted by Crippen LogP contribution is -2.06. The number of carboxylic acids is 1. The molecule has 0 spiro atoms. The van der Waals surface area contributed by atoms with Crippen LogP contribution in [0.2, 0.25) is 0 Å². The van der Waals surface area contributed by atoms with Gasteiger partial charge in [-0.05, 0) is 37.1 Å². The van der Waals surface area contributed by atoms with Crippen molar-refractivity contribution < 1.29 is 19.4 Å². The van der Waals surface area contributed by atoms with Crippen LogP contribution in [0.1, 0.15) is 31.4 Å². The first kappa shape index (κ1) is 15.2. The summed E-state index contributed by atoms with van der Waals surface area (Å²) < 4.78 is 10.8. The third-order valence-electron chi connectivity index (χ3n) is 2.81. The fourth-order valence-corrected chi connectivity index (χ4v) is 1.52. The fourth-order valence-electron chi connectivity index (χ4n) is 1.52. The molecule has 0 amide bonds. The first-order valence-electron chi connectivity index (χ1n) is 6.26. The number of benzene rings is 1. The molecule has 104 valence electrons. The van der Waals surface area contributed by atoms with Crippen LogP contribution in [-0.4, -0.2) is 24.3 Å². The van der Waals surface area contributed by atoms with E-state index in [4.69, 9.17) is 14.6 Å². The molecule has 0 heterocycles. The zero-order chi connectivity index (χ0) is 14.3. The maximum absolute atomic E-state index is 10.6. The molecular formula is C15H20O4. The molecule has 0 aliphatic heterocycles. The number of rotatable bonds is 7. The van der Waals surface area contributed by atoms with Crippen LogP contribution in [0, 0.1) is 0 Å². The molecule has 1 aromatic rings. The Kier molecular flexibility index (Phi) is 6.09. The van der Waals surface area contributed by atoms with E-state index in [1.54, 1.807) is 7.11 Å². The molecule has 4 heteroatoms. The van der Waals surface area contributed by atoms with Crippen LogP contribution in [0.4, 0.5) is 0 Å². The van der Waals surface area contributed by atoms with Gasteiger partial charge in [-0.3, -0.25) is 0 Å². The summed E-state index contributed by atoms with van der Waals surface area (Å²) in [6.45, 7) is 4.60. The van der Waals surface area contributed by atoms with Crippen molar-refractivity contribution in [2.45, 2.75) is 33.0 Å². The normalized spacial score (nSPS) is 12.6. The SMILES string of the molecule is CCC(C)OCc1ccc(OC)c(/C=C/C(=O)O)c1. The van der Waals surface area contributed by atoms with Crippen LogP contribution in [0.15, 0.2) is 24.3 Å². The Morgan fingerprint density at radius 3 is 2.79 bits per heavy atom. The summed E-state index contributed by atoms with van der Waals surface area (Å²) in [6.07, 6.45) is 3.78. The predicted octanol–water partition coefficient (Wildman–Crippen LogP) is 3.11. The van der Waals surface area contributed by atoms with Crippen molar-refractivity contribution in [3.05, 3.63) is 35.4 Å². The highest BCUT2D eigenvalue weighted by molar-refractivity contribution is 5.85. The van der Waals surface area contributed by atoms with Gasteiger partial charge >= 0.3 is 5.97 Å². The molecule has 0 saturated heterocycles. The molecule has 0 saturated carbocycles. The number of methoxy groups -OCH3 is 1. The summed E-state index contributed by atoms with van der Waals surface area (Å²) in [6, 6.07) is 5.61. The lowest BCUT2D eigenvalue weighted by Gasteiger charge is -2.12. The molecule has 0 fully saturated rings. The van der Waals surface area contributed by atoms with E-state index < -0.39 is 5.97 Å². The molecule has 0 radical (unpaired) electrons. The Labute approximate surface area is 113 Å². The van der Waals surface area contributed by atoms with Crippen LogP contribution < -0.4 is 4.74 Å². The van der Waals surface area contributed by atoms with E-state index in [0.717, 1.165) is 23.6 Å². The standard InChI is InChI=1S/C15H20O4/c1-4-11(2)19-10-12-5-7-14(18-3)13(9-12)6-8-15(16)17/h5-9,11H,4,10H2,1-3H3,(H,16,17)/b8-6+. The van der Waals surface area contributed by atoms with E-state index in [1.807, 2.05) is 25.1 Å². The highest BCUT2D eigenvalue weighted by Gasteiger charge is 2.04. The molecule has 1 rings (SSSR count). The topological polar surface area (TPSA) is 55.8 Å². The Hall–Kier alpha value is -1.81. The molecule has 19 heavy (non-hydrogen) atoms. The summed E-state index contributed by atoms with van der Waals surface area (Å²) in [5.74, 6) is -0.340. The lowest BCUT2D eigenvalue weighted by molar-refractivity contribution is -0.131. The van der Waals surface area contributed by atoms with Crippen molar-refractivity contribution in [2.24, 2.45) is 0 Å². The first-order valence-corrected chi connectivity index (χ1v) is 6.26. The molecule has 0 bridgehead atoms. The molecule has 0 aliphatic rings. The van der Waals surface area contributed by atoms with Crippen LogP contribution in [0.5, 0.6) is 5.75 Å². The number of carboxylic acid groups (broad SMARTS) is 1. The molecule has 1 aromatic carbocycles. The van der Waals surface area contributed by atoms with Crippen LogP contribution >= 0.6 is 0 Å². The highest BCUT2D eigenvalue weighted by atomic mass is 16.5. The van der Waals surface area contributed by atoms with Gasteiger partial charge in [0.25, 0.3) is 0 Å². The number of aliphatic carboxylic acids is 1. The largest absolute Gasteiger partial charge is 0.496 e. The van der Waals surface area contributed by atoms with E-state index in [2.05, 4.69) is 6.92 Å². The molecule has 1 N–H and O–H groups in total. The second-order valence-electron chi connectivity index (χ2n) is 4.28. The molecule has 1 unspecified atom stereocenters. The molecule has 0 aromatic heterocycles. The van der Waals surface area contributed by atoms with Gasteiger partial charge in [-0.25, -0.2) is 4.79 Å². The van der Waals surface area contributed by atoms with Gasteiger partial charge in [-0.15, -0.1) is 0 Å². The molecule has 4 nitrogen and oxygen atoms in total. The Morgan fingerprint density at radius 2 is 2.21 bits per heavy atom. The fraction of sp³-hybridized carbons (Fsp3) is 0.400. The number of ether oxygens (including phenoxy) is 2. The van der Waals surface area contributed by atoms with Gasteiger partial charge in [0.2, 0.25) is 0 Å². The first-order chi connectivity index (χ1) is 9.06. The van der Waals surface area contributed by atoms with Gasteiger partial charge in [0.1, 0.15) is 5.75 Å². The van der Waals surface area contributed by atoms with Crippen molar-refractivity contribution in [2.75, 3.05) is 7.11 Å². The van der Waals surface area contributed by atoms with E-state index in [-0.39, 0.29) is 6.10 Å². The Morgan fingerprint density at radius 1 is 1.47 bits per heavy atom. The highest BCUT2D eigenvalue weighted by Crippen LogP contribution is 2.22. The summed E-state index contributed by atoms with van der Waals surface area (Å²) in [5, 5.41) is 8.66. The zero-order valence-electron chi connectivity index (χ0n) is 11.6. The molecular weight excluding hydrogens is 244 g/mol. The molecule has 0 aliphatic carbocycles. The van der Waals surface area contributed by atoms with Gasteiger partial charge in [0.15, 0.2) is 0 Å². The minimum atomic E-state index is -0.983. The lowest BCUT2D eigenvalue weighted by atomic mass is 10.1. The van der Waals surface area contributed by atoms with Gasteiger partial charge < -0.3 is 14.6 Å². The van der Waals surface area contributed by atoms with E-state index in [0.29, 0.717) is 12.4 Å². The van der Waals surface area contributed by atoms with Crippen LogP contribution in [0.25, 0.3) is 6.08 Å². The summed E-state index contributed by atoms with van der Waals surface area (Å²) in [4.78, 5) is 10.6. The van der Waals surface area contributed by atoms with Gasteiger partial charge in [-0.1, -0.05) is 13.0 Å². The maximum atomic E-state index is 10.6. The Bertz CT molecular complexity index is 451. The number of hydrogen-bond donors (Lipinski definition) is 1. The zero-order valence-corrected chi connectivity index (χ0v) is 11.6. The predicted molar refractivity (Wildman–Crippen MR) is 74.2 cm³/mol. The van der Waals surface area contributed by atoms with Crippen molar-refractivity contribution >= 4 is 12.0 Å². The average Bonchev–Trinajstić information content (AvgIpc) is 2.42. The number of hydrogen-bond acceptors (Lipinski definition) is 3. The van der Waals surface area contributed by atoms with E-state index >= 15 is 0 Å². The third kappa shape index (κ3) is 5.14. The number of carbonyl (C=O) groups is 1. The van der Waals surface area contributed by atoms with E-state index in [1.165, 1.54) is 6.08 Å². The van der Waals surface area contributed by atoms with Crippen molar-refractivity contribution in [1.82, 2.24) is 0 Å².